The maximum absolute atomic E-state index is 12.3. The van der Waals surface area contributed by atoms with Crippen molar-refractivity contribution in [2.24, 2.45) is 0 Å². The molecular formula is C24H35Cl2N6O2+. The van der Waals surface area contributed by atoms with Crippen LogP contribution in [0.5, 0.6) is 0 Å². The maximum Gasteiger partial charge on any atom is 0.273 e. The third-order valence-corrected chi connectivity index (χ3v) is 6.23. The summed E-state index contributed by atoms with van der Waals surface area (Å²) in [6, 6.07) is 7.65. The number of amides is 1. The van der Waals surface area contributed by atoms with Crippen LogP contribution in [0.1, 0.15) is 54.6 Å². The van der Waals surface area contributed by atoms with E-state index < -0.39 is 5.91 Å². The Labute approximate surface area is 211 Å². The van der Waals surface area contributed by atoms with E-state index in [1.807, 2.05) is 24.3 Å². The number of nitrogen functional groups attached to an aromatic ring is 2. The molecule has 34 heavy (non-hydrogen) atoms. The molecule has 0 aliphatic carbocycles. The average Bonchev–Trinajstić information content (AvgIpc) is 2.78. The first-order valence-electron chi connectivity index (χ1n) is 11.5. The number of benzene rings is 1. The number of Topliss-reactive ketones (excluding diaryl/α,β-unsaturated/α-hetero) is 1. The summed E-state index contributed by atoms with van der Waals surface area (Å²) in [5, 5.41) is 3.48. The molecule has 1 heterocycles. The zero-order valence-corrected chi connectivity index (χ0v) is 21.5. The minimum Gasteiger partial charge on any atom is -0.382 e. The SMILES string of the molecule is C[N+](C)(CCCCCCC(=O)CCc1ccc(Cl)cc1)CCNC(=O)c1nc(Cl)c(N)nc1N. The van der Waals surface area contributed by atoms with Gasteiger partial charge in [0.2, 0.25) is 0 Å². The van der Waals surface area contributed by atoms with Crippen molar-refractivity contribution in [2.45, 2.75) is 44.9 Å². The summed E-state index contributed by atoms with van der Waals surface area (Å²) < 4.78 is 0.768. The van der Waals surface area contributed by atoms with Gasteiger partial charge in [0, 0.05) is 17.9 Å². The molecule has 0 radical (unpaired) electrons. The molecule has 1 aromatic carbocycles. The van der Waals surface area contributed by atoms with Crippen LogP contribution in [0, 0.1) is 0 Å². The lowest BCUT2D eigenvalue weighted by molar-refractivity contribution is -0.889. The molecule has 0 spiro atoms. The summed E-state index contributed by atoms with van der Waals surface area (Å²) in [4.78, 5) is 32.2. The molecule has 1 aromatic heterocycles. The van der Waals surface area contributed by atoms with Gasteiger partial charge in [-0.05, 0) is 43.4 Å². The minimum absolute atomic E-state index is 0.00387. The molecule has 0 fully saturated rings. The maximum atomic E-state index is 12.3. The van der Waals surface area contributed by atoms with Gasteiger partial charge in [-0.15, -0.1) is 0 Å². The quantitative estimate of drug-likeness (QED) is 0.262. The Morgan fingerprint density at radius 1 is 0.912 bits per heavy atom. The number of nitrogens with one attached hydrogen (secondary N) is 1. The Hall–Kier alpha value is -2.42. The molecule has 2 rings (SSSR count). The first-order chi connectivity index (χ1) is 16.1. The third kappa shape index (κ3) is 9.83. The van der Waals surface area contributed by atoms with Crippen LogP contribution in [0.3, 0.4) is 0 Å². The number of anilines is 2. The second-order valence-corrected chi connectivity index (χ2v) is 9.90. The first-order valence-corrected chi connectivity index (χ1v) is 12.3. The highest BCUT2D eigenvalue weighted by molar-refractivity contribution is 6.31. The van der Waals surface area contributed by atoms with Crippen molar-refractivity contribution in [1.82, 2.24) is 15.3 Å². The summed E-state index contributed by atoms with van der Waals surface area (Å²) in [7, 11) is 4.25. The number of halogens is 2. The summed E-state index contributed by atoms with van der Waals surface area (Å²) >= 11 is 11.7. The van der Waals surface area contributed by atoms with Gasteiger partial charge in [-0.1, -0.05) is 41.8 Å². The molecule has 0 saturated carbocycles. The summed E-state index contributed by atoms with van der Waals surface area (Å²) in [6.45, 7) is 2.21. The third-order valence-electron chi connectivity index (χ3n) is 5.70. The van der Waals surface area contributed by atoms with Gasteiger partial charge in [0.15, 0.2) is 22.5 Å². The van der Waals surface area contributed by atoms with E-state index >= 15 is 0 Å². The molecule has 186 valence electrons. The number of aromatic nitrogens is 2. The predicted molar refractivity (Wildman–Crippen MR) is 138 cm³/mol. The number of unbranched alkanes of at least 4 members (excludes halogenated alkanes) is 3. The lowest BCUT2D eigenvalue weighted by Gasteiger charge is -2.30. The second kappa shape index (κ2) is 13.5. The number of carbonyl (C=O) groups is 2. The van der Waals surface area contributed by atoms with Gasteiger partial charge in [0.05, 0.1) is 33.7 Å². The van der Waals surface area contributed by atoms with Crippen LogP contribution in [0.2, 0.25) is 10.2 Å². The van der Waals surface area contributed by atoms with Gasteiger partial charge in [0.1, 0.15) is 5.78 Å². The Bertz CT molecular complexity index is 967. The molecule has 2 aromatic rings. The summed E-state index contributed by atoms with van der Waals surface area (Å²) in [5.41, 5.74) is 12.4. The Kier molecular flexibility index (Phi) is 11.0. The Morgan fingerprint density at radius 2 is 1.59 bits per heavy atom. The lowest BCUT2D eigenvalue weighted by atomic mass is 10.0. The molecule has 8 nitrogen and oxygen atoms in total. The lowest BCUT2D eigenvalue weighted by Crippen LogP contribution is -2.46. The van der Waals surface area contributed by atoms with Gasteiger partial charge >= 0.3 is 0 Å². The van der Waals surface area contributed by atoms with E-state index in [0.29, 0.717) is 30.2 Å². The van der Waals surface area contributed by atoms with Crippen molar-refractivity contribution < 1.29 is 14.1 Å². The summed E-state index contributed by atoms with van der Waals surface area (Å²) in [6.07, 6.45) is 6.09. The highest BCUT2D eigenvalue weighted by Gasteiger charge is 2.18. The molecule has 0 bridgehead atoms. The largest absolute Gasteiger partial charge is 0.382 e. The van der Waals surface area contributed by atoms with E-state index in [2.05, 4.69) is 29.4 Å². The van der Waals surface area contributed by atoms with E-state index in [9.17, 15) is 9.59 Å². The van der Waals surface area contributed by atoms with Crippen LogP contribution in [0.4, 0.5) is 11.6 Å². The molecule has 10 heteroatoms. The smallest absolute Gasteiger partial charge is 0.273 e. The molecule has 0 saturated heterocycles. The minimum atomic E-state index is -0.423. The zero-order chi connectivity index (χ0) is 25.1. The Balaban J connectivity index is 1.57. The van der Waals surface area contributed by atoms with E-state index in [-0.39, 0.29) is 22.5 Å². The number of rotatable bonds is 14. The molecule has 0 aliphatic rings. The number of nitrogens with two attached hydrogens (primary N) is 2. The van der Waals surface area contributed by atoms with Gasteiger partial charge in [-0.2, -0.15) is 0 Å². The van der Waals surface area contributed by atoms with Crippen molar-refractivity contribution in [2.75, 3.05) is 45.2 Å². The van der Waals surface area contributed by atoms with Crippen LogP contribution >= 0.6 is 23.2 Å². The number of quaternary nitrogens is 1. The van der Waals surface area contributed by atoms with Crippen molar-refractivity contribution >= 4 is 46.5 Å². The zero-order valence-electron chi connectivity index (χ0n) is 19.9. The number of ketones is 1. The van der Waals surface area contributed by atoms with Gasteiger partial charge in [-0.25, -0.2) is 9.97 Å². The molecule has 0 unspecified atom stereocenters. The number of likely N-dealkylation sites (N-methyl/N-ethyl adjacent to an activating group) is 1. The standard InChI is InChI=1S/C24H34Cl2N6O2/c1-32(2,16-14-29-24(34)20-22(27)31-23(28)21(26)30-20)15-6-4-3-5-7-19(33)13-10-17-8-11-18(25)12-9-17/h8-9,11-12H,3-7,10,13-16H2,1-2H3,(H4-,27,28,29,31,34)/p+1. The molecule has 1 amide bonds. The van der Waals surface area contributed by atoms with Crippen molar-refractivity contribution in [3.05, 3.63) is 45.7 Å². The van der Waals surface area contributed by atoms with Crippen molar-refractivity contribution in [3.63, 3.8) is 0 Å². The van der Waals surface area contributed by atoms with Crippen LogP contribution < -0.4 is 16.8 Å². The van der Waals surface area contributed by atoms with Gasteiger partial charge in [0.25, 0.3) is 5.91 Å². The van der Waals surface area contributed by atoms with Crippen LogP contribution in [0.15, 0.2) is 24.3 Å². The number of hydrogen-bond acceptors (Lipinski definition) is 6. The van der Waals surface area contributed by atoms with E-state index in [1.54, 1.807) is 0 Å². The van der Waals surface area contributed by atoms with Crippen LogP contribution in [-0.4, -0.2) is 59.9 Å². The Morgan fingerprint density at radius 3 is 2.29 bits per heavy atom. The van der Waals surface area contributed by atoms with E-state index in [0.717, 1.165) is 55.2 Å². The number of aryl methyl sites for hydroxylation is 1. The van der Waals surface area contributed by atoms with Gasteiger partial charge < -0.3 is 21.3 Å². The fraction of sp³-hybridized carbons (Fsp3) is 0.500. The molecule has 0 aliphatic heterocycles. The highest BCUT2D eigenvalue weighted by Crippen LogP contribution is 2.17. The normalized spacial score (nSPS) is 11.4. The van der Waals surface area contributed by atoms with Crippen LogP contribution in [0.25, 0.3) is 0 Å². The number of nitrogens with zero attached hydrogens (tertiary/aromatic N) is 3. The second-order valence-electron chi connectivity index (χ2n) is 9.10. The first kappa shape index (κ1) is 27.8. The van der Waals surface area contributed by atoms with Crippen molar-refractivity contribution in [3.8, 4) is 0 Å². The van der Waals surface area contributed by atoms with Gasteiger partial charge in [-0.3, -0.25) is 9.59 Å². The fourth-order valence-corrected chi connectivity index (χ4v) is 3.80. The van der Waals surface area contributed by atoms with E-state index in [1.165, 1.54) is 0 Å². The number of hydrogen-bond donors (Lipinski definition) is 3. The molecule has 5 N–H and O–H groups in total. The fourth-order valence-electron chi connectivity index (χ4n) is 3.55. The van der Waals surface area contributed by atoms with Crippen molar-refractivity contribution in [1.29, 1.82) is 0 Å². The van der Waals surface area contributed by atoms with E-state index in [4.69, 9.17) is 34.7 Å². The topological polar surface area (TPSA) is 124 Å². The predicted octanol–water partition coefficient (Wildman–Crippen LogP) is 3.91. The van der Waals surface area contributed by atoms with Crippen LogP contribution in [-0.2, 0) is 11.2 Å². The average molecular weight is 510 g/mol. The summed E-state index contributed by atoms with van der Waals surface area (Å²) in [5.74, 6) is -0.158. The molecule has 0 atom stereocenters. The highest BCUT2D eigenvalue weighted by atomic mass is 35.5. The number of carbonyl (C=O) groups excluding carboxylic acids is 2. The molecular weight excluding hydrogens is 475 g/mol. The monoisotopic (exact) mass is 509 g/mol.